The molecule has 0 aliphatic carbocycles. The second-order valence-electron chi connectivity index (χ2n) is 5.75. The first-order valence-corrected chi connectivity index (χ1v) is 9.33. The van der Waals surface area contributed by atoms with Crippen LogP contribution in [-0.4, -0.2) is 37.9 Å². The first kappa shape index (κ1) is 17.9. The lowest BCUT2D eigenvalue weighted by atomic mass is 10.1. The van der Waals surface area contributed by atoms with E-state index in [1.54, 1.807) is 24.3 Å². The zero-order chi connectivity index (χ0) is 17.7. The summed E-state index contributed by atoms with van der Waals surface area (Å²) in [4.78, 5) is 23.9. The highest BCUT2D eigenvalue weighted by molar-refractivity contribution is 7.91. The van der Waals surface area contributed by atoms with Gasteiger partial charge in [-0.05, 0) is 31.4 Å². The highest BCUT2D eigenvalue weighted by Crippen LogP contribution is 2.22. The lowest BCUT2D eigenvalue weighted by molar-refractivity contribution is -0.153. The molecule has 24 heavy (non-hydrogen) atoms. The largest absolute Gasteiger partial charge is 0.453 e. The Bertz CT molecular complexity index is 782. The molecule has 0 unspecified atom stereocenters. The maximum atomic E-state index is 12.1. The smallest absolute Gasteiger partial charge is 0.306 e. The van der Waals surface area contributed by atoms with Gasteiger partial charge in [-0.1, -0.05) is 12.1 Å². The van der Waals surface area contributed by atoms with Crippen LogP contribution in [0.25, 0.3) is 0 Å². The molecule has 0 bridgehead atoms. The maximum absolute atomic E-state index is 12.1. The Balaban J connectivity index is 1.87. The zero-order valence-electron chi connectivity index (χ0n) is 13.2. The number of sulfone groups is 1. The van der Waals surface area contributed by atoms with Gasteiger partial charge in [-0.15, -0.1) is 0 Å². The number of benzene rings is 1. The van der Waals surface area contributed by atoms with Gasteiger partial charge in [0.1, 0.15) is 6.07 Å². The third-order valence-electron chi connectivity index (χ3n) is 3.76. The number of amides is 1. The molecule has 1 aliphatic rings. The molecule has 0 saturated carbocycles. The minimum Gasteiger partial charge on any atom is -0.453 e. The maximum Gasteiger partial charge on any atom is 0.306 e. The Morgan fingerprint density at radius 2 is 2.12 bits per heavy atom. The van der Waals surface area contributed by atoms with E-state index in [4.69, 9.17) is 10.00 Å². The van der Waals surface area contributed by atoms with Crippen LogP contribution < -0.4 is 5.32 Å². The summed E-state index contributed by atoms with van der Waals surface area (Å²) in [5.74, 6) is -1.33. The summed E-state index contributed by atoms with van der Waals surface area (Å²) in [6, 6.07) is 8.45. The number of para-hydroxylation sites is 1. The van der Waals surface area contributed by atoms with Gasteiger partial charge in [0.05, 0.1) is 22.8 Å². The fourth-order valence-corrected chi connectivity index (χ4v) is 4.35. The van der Waals surface area contributed by atoms with Gasteiger partial charge < -0.3 is 10.1 Å². The molecule has 1 saturated heterocycles. The van der Waals surface area contributed by atoms with Gasteiger partial charge in [-0.25, -0.2) is 8.42 Å². The van der Waals surface area contributed by atoms with Crippen molar-refractivity contribution in [3.63, 3.8) is 0 Å². The van der Waals surface area contributed by atoms with E-state index >= 15 is 0 Å². The molecule has 0 aromatic heterocycles. The SMILES string of the molecule is C[C@@H](OC(=O)C[C@H]1CCS(=O)(=O)C1)C(=O)Nc1ccccc1C#N. The van der Waals surface area contributed by atoms with Crippen LogP contribution in [0.4, 0.5) is 5.69 Å². The van der Waals surface area contributed by atoms with Crippen LogP contribution in [0.15, 0.2) is 24.3 Å². The first-order chi connectivity index (χ1) is 11.3. The average Bonchev–Trinajstić information content (AvgIpc) is 2.86. The third-order valence-corrected chi connectivity index (χ3v) is 5.60. The van der Waals surface area contributed by atoms with Gasteiger partial charge in [0, 0.05) is 6.42 Å². The van der Waals surface area contributed by atoms with E-state index in [-0.39, 0.29) is 23.8 Å². The van der Waals surface area contributed by atoms with Gasteiger partial charge >= 0.3 is 5.97 Å². The molecule has 0 radical (unpaired) electrons. The summed E-state index contributed by atoms with van der Waals surface area (Å²) < 4.78 is 27.8. The normalized spacial score (nSPS) is 19.9. The molecule has 2 rings (SSSR count). The van der Waals surface area contributed by atoms with Crippen molar-refractivity contribution in [1.29, 1.82) is 5.26 Å². The number of hydrogen-bond acceptors (Lipinski definition) is 6. The lowest BCUT2D eigenvalue weighted by Gasteiger charge is -2.15. The van der Waals surface area contributed by atoms with Gasteiger partial charge in [0.25, 0.3) is 5.91 Å². The molecule has 1 fully saturated rings. The van der Waals surface area contributed by atoms with E-state index < -0.39 is 27.8 Å². The van der Waals surface area contributed by atoms with Crippen LogP contribution >= 0.6 is 0 Å². The predicted octanol–water partition coefficient (Wildman–Crippen LogP) is 1.25. The molecule has 2 atom stereocenters. The summed E-state index contributed by atoms with van der Waals surface area (Å²) in [6.45, 7) is 1.42. The summed E-state index contributed by atoms with van der Waals surface area (Å²) in [6.07, 6.45) is -0.624. The van der Waals surface area contributed by atoms with Crippen LogP contribution in [0.2, 0.25) is 0 Å². The van der Waals surface area contributed by atoms with Gasteiger partial charge in [-0.2, -0.15) is 5.26 Å². The number of esters is 1. The Morgan fingerprint density at radius 1 is 1.42 bits per heavy atom. The monoisotopic (exact) mass is 350 g/mol. The molecule has 0 spiro atoms. The average molecular weight is 350 g/mol. The molecule has 1 aromatic carbocycles. The number of anilines is 1. The van der Waals surface area contributed by atoms with Gasteiger partial charge in [0.2, 0.25) is 0 Å². The number of nitrogens with zero attached hydrogens (tertiary/aromatic N) is 1. The number of nitrogens with one attached hydrogen (secondary N) is 1. The van der Waals surface area contributed by atoms with E-state index in [9.17, 15) is 18.0 Å². The topological polar surface area (TPSA) is 113 Å². The molecule has 8 heteroatoms. The third kappa shape index (κ3) is 4.80. The molecular formula is C16H18N2O5S. The second-order valence-corrected chi connectivity index (χ2v) is 7.98. The van der Waals surface area contributed by atoms with Crippen molar-refractivity contribution in [2.45, 2.75) is 25.9 Å². The number of rotatable bonds is 5. The van der Waals surface area contributed by atoms with Crippen LogP contribution in [0, 0.1) is 17.2 Å². The van der Waals surface area contributed by atoms with Crippen molar-refractivity contribution in [3.05, 3.63) is 29.8 Å². The van der Waals surface area contributed by atoms with Crippen LogP contribution in [0.3, 0.4) is 0 Å². The predicted molar refractivity (Wildman–Crippen MR) is 86.7 cm³/mol. The number of nitriles is 1. The molecule has 1 N–H and O–H groups in total. The van der Waals surface area contributed by atoms with E-state index in [2.05, 4.69) is 5.32 Å². The quantitative estimate of drug-likeness (QED) is 0.800. The molecule has 1 aliphatic heterocycles. The highest BCUT2D eigenvalue weighted by Gasteiger charge is 2.30. The summed E-state index contributed by atoms with van der Waals surface area (Å²) in [7, 11) is -3.05. The molecule has 1 heterocycles. The van der Waals surface area contributed by atoms with Crippen molar-refractivity contribution in [2.75, 3.05) is 16.8 Å². The van der Waals surface area contributed by atoms with Crippen LogP contribution in [0.5, 0.6) is 0 Å². The van der Waals surface area contributed by atoms with Gasteiger partial charge in [0.15, 0.2) is 15.9 Å². The van der Waals surface area contributed by atoms with E-state index in [1.165, 1.54) is 6.92 Å². The van der Waals surface area contributed by atoms with Crippen molar-refractivity contribution in [3.8, 4) is 6.07 Å². The van der Waals surface area contributed by atoms with E-state index in [0.29, 0.717) is 17.7 Å². The number of hydrogen-bond donors (Lipinski definition) is 1. The molecule has 128 valence electrons. The Hall–Kier alpha value is -2.40. The van der Waals surface area contributed by atoms with E-state index in [0.717, 1.165) is 0 Å². The minimum atomic E-state index is -3.05. The molecule has 1 aromatic rings. The standard InChI is InChI=1S/C16H18N2O5S/c1-11(16(20)18-14-5-3-2-4-13(14)9-17)23-15(19)8-12-6-7-24(21,22)10-12/h2-5,11-12H,6-8,10H2,1H3,(H,18,20)/t11-,12-/m1/s1. The first-order valence-electron chi connectivity index (χ1n) is 7.50. The Labute approximate surface area is 140 Å². The minimum absolute atomic E-state index is 0.0157. The Morgan fingerprint density at radius 3 is 2.75 bits per heavy atom. The summed E-state index contributed by atoms with van der Waals surface area (Å²) in [5, 5.41) is 11.5. The fraction of sp³-hybridized carbons (Fsp3) is 0.438. The fourth-order valence-electron chi connectivity index (χ4n) is 2.49. The summed E-state index contributed by atoms with van der Waals surface area (Å²) >= 11 is 0. The summed E-state index contributed by atoms with van der Waals surface area (Å²) in [5.41, 5.74) is 0.648. The van der Waals surface area contributed by atoms with Crippen LogP contribution in [0.1, 0.15) is 25.3 Å². The molecule has 1 amide bonds. The number of ether oxygens (including phenoxy) is 1. The number of carbonyl (C=O) groups excluding carboxylic acids is 2. The highest BCUT2D eigenvalue weighted by atomic mass is 32.2. The zero-order valence-corrected chi connectivity index (χ0v) is 14.0. The van der Waals surface area contributed by atoms with Crippen molar-refractivity contribution in [2.24, 2.45) is 5.92 Å². The second kappa shape index (κ2) is 7.45. The van der Waals surface area contributed by atoms with Crippen molar-refractivity contribution in [1.82, 2.24) is 0 Å². The lowest BCUT2D eigenvalue weighted by Crippen LogP contribution is -2.30. The molecule has 7 nitrogen and oxygen atoms in total. The Kier molecular flexibility index (Phi) is 5.57. The van der Waals surface area contributed by atoms with Crippen LogP contribution in [-0.2, 0) is 24.2 Å². The van der Waals surface area contributed by atoms with E-state index in [1.807, 2.05) is 6.07 Å². The number of carbonyl (C=O) groups is 2. The van der Waals surface area contributed by atoms with Crippen molar-refractivity contribution >= 4 is 27.4 Å². The van der Waals surface area contributed by atoms with Crippen molar-refractivity contribution < 1.29 is 22.7 Å². The van der Waals surface area contributed by atoms with Gasteiger partial charge in [-0.3, -0.25) is 9.59 Å². The molecular weight excluding hydrogens is 332 g/mol.